The Bertz CT molecular complexity index is 564. The van der Waals surface area contributed by atoms with Gasteiger partial charge in [0.05, 0.1) is 11.1 Å². The first-order chi connectivity index (χ1) is 10.6. The lowest BCUT2D eigenvalue weighted by Gasteiger charge is -2.28. The third-order valence-electron chi connectivity index (χ3n) is 4.58. The maximum atomic E-state index is 11.8. The first-order valence-electron chi connectivity index (χ1n) is 8.09. The van der Waals surface area contributed by atoms with E-state index < -0.39 is 20.3 Å². The third kappa shape index (κ3) is 3.30. The summed E-state index contributed by atoms with van der Waals surface area (Å²) in [6.07, 6.45) is 1.76. The second-order valence-corrected chi connectivity index (χ2v) is 10.3. The van der Waals surface area contributed by atoms with E-state index in [1.807, 2.05) is 12.1 Å². The molecule has 0 saturated carbocycles. The van der Waals surface area contributed by atoms with Gasteiger partial charge < -0.3 is 9.16 Å². The van der Waals surface area contributed by atoms with Crippen molar-refractivity contribution in [1.29, 1.82) is 0 Å². The molecule has 1 heterocycles. The largest absolute Gasteiger partial charge is 0.417 e. The lowest BCUT2D eigenvalue weighted by molar-refractivity contribution is 0.0443. The van der Waals surface area contributed by atoms with Crippen LogP contribution < -0.4 is 0 Å². The van der Waals surface area contributed by atoms with Gasteiger partial charge in [-0.25, -0.2) is 9.59 Å². The van der Waals surface area contributed by atoms with Gasteiger partial charge in [-0.3, -0.25) is 0 Å². The maximum Gasteiger partial charge on any atom is 0.347 e. The predicted octanol–water partition coefficient (Wildman–Crippen LogP) is 3.95. The van der Waals surface area contributed by atoms with Gasteiger partial charge in [-0.1, -0.05) is 26.0 Å². The fourth-order valence-electron chi connectivity index (χ4n) is 3.20. The molecule has 2 rings (SSSR count). The molecular formula is C17H24O4Si. The summed E-state index contributed by atoms with van der Waals surface area (Å²) >= 11 is 0. The zero-order chi connectivity index (χ0) is 16.2. The zero-order valence-corrected chi connectivity index (χ0v) is 14.6. The smallest absolute Gasteiger partial charge is 0.347 e. The fraction of sp³-hybridized carbons (Fsp3) is 0.529. The molecule has 1 aromatic carbocycles. The van der Waals surface area contributed by atoms with Gasteiger partial charge in [-0.15, -0.1) is 0 Å². The second kappa shape index (κ2) is 7.20. The van der Waals surface area contributed by atoms with Crippen LogP contribution in [0.3, 0.4) is 0 Å². The molecule has 4 nitrogen and oxygen atoms in total. The molecular weight excluding hydrogens is 296 g/mol. The Morgan fingerprint density at radius 1 is 1.09 bits per heavy atom. The molecule has 0 bridgehead atoms. The van der Waals surface area contributed by atoms with E-state index in [2.05, 4.69) is 20.8 Å². The van der Waals surface area contributed by atoms with Crippen molar-refractivity contribution >= 4 is 20.3 Å². The highest BCUT2D eigenvalue weighted by Crippen LogP contribution is 2.28. The summed E-state index contributed by atoms with van der Waals surface area (Å²) in [5, 5.41) is 0. The molecule has 0 saturated heterocycles. The molecule has 0 radical (unpaired) electrons. The molecule has 0 unspecified atom stereocenters. The quantitative estimate of drug-likeness (QED) is 0.413. The number of hydrogen-bond donors (Lipinski definition) is 0. The van der Waals surface area contributed by atoms with Crippen LogP contribution in [0.2, 0.25) is 18.1 Å². The molecule has 0 N–H and O–H groups in total. The van der Waals surface area contributed by atoms with Crippen molar-refractivity contribution in [2.24, 2.45) is 0 Å². The Hall–Kier alpha value is -1.46. The molecule has 22 heavy (non-hydrogen) atoms. The molecule has 0 atom stereocenters. The Kier molecular flexibility index (Phi) is 5.53. The summed E-state index contributed by atoms with van der Waals surface area (Å²) in [6.45, 7) is 7.25. The van der Waals surface area contributed by atoms with E-state index in [-0.39, 0.29) is 0 Å². The SMILES string of the molecule is CCO[Si](CC)(CC)CCCc1cccc2c1C(=O)OC2=O. The van der Waals surface area contributed by atoms with E-state index in [0.717, 1.165) is 43.1 Å². The number of fused-ring (bicyclic) bond motifs is 1. The van der Waals surface area contributed by atoms with Gasteiger partial charge in [0, 0.05) is 6.61 Å². The predicted molar refractivity (Wildman–Crippen MR) is 87.7 cm³/mol. The Balaban J connectivity index is 2.07. The van der Waals surface area contributed by atoms with Crippen LogP contribution in [0.15, 0.2) is 18.2 Å². The molecule has 0 fully saturated rings. The summed E-state index contributed by atoms with van der Waals surface area (Å²) in [7, 11) is -1.64. The molecule has 0 aromatic heterocycles. The van der Waals surface area contributed by atoms with E-state index >= 15 is 0 Å². The van der Waals surface area contributed by atoms with Crippen LogP contribution in [0.1, 0.15) is 53.5 Å². The molecule has 0 aliphatic carbocycles. The van der Waals surface area contributed by atoms with Crippen molar-refractivity contribution in [3.63, 3.8) is 0 Å². The van der Waals surface area contributed by atoms with Crippen LogP contribution in [-0.4, -0.2) is 26.9 Å². The van der Waals surface area contributed by atoms with Gasteiger partial charge in [0.2, 0.25) is 0 Å². The number of carbonyl (C=O) groups is 2. The number of aryl methyl sites for hydroxylation is 1. The van der Waals surface area contributed by atoms with Crippen LogP contribution in [-0.2, 0) is 15.6 Å². The average Bonchev–Trinajstić information content (AvgIpc) is 2.82. The first kappa shape index (κ1) is 16.9. The number of carbonyl (C=O) groups excluding carboxylic acids is 2. The van der Waals surface area contributed by atoms with Crippen molar-refractivity contribution in [2.45, 2.75) is 51.7 Å². The number of benzene rings is 1. The fourth-order valence-corrected chi connectivity index (χ4v) is 6.39. The molecule has 1 aliphatic heterocycles. The average molecular weight is 320 g/mol. The van der Waals surface area contributed by atoms with E-state index in [9.17, 15) is 9.59 Å². The van der Waals surface area contributed by atoms with Gasteiger partial charge >= 0.3 is 11.9 Å². The highest BCUT2D eigenvalue weighted by molar-refractivity contribution is 6.73. The second-order valence-electron chi connectivity index (χ2n) is 5.69. The minimum Gasteiger partial charge on any atom is -0.417 e. The molecule has 0 spiro atoms. The normalized spacial score (nSPS) is 14.1. The summed E-state index contributed by atoms with van der Waals surface area (Å²) in [5.41, 5.74) is 1.78. The Morgan fingerprint density at radius 3 is 2.45 bits per heavy atom. The third-order valence-corrected chi connectivity index (χ3v) is 9.32. The lowest BCUT2D eigenvalue weighted by Crippen LogP contribution is -2.36. The van der Waals surface area contributed by atoms with Crippen molar-refractivity contribution in [2.75, 3.05) is 6.61 Å². The van der Waals surface area contributed by atoms with Crippen molar-refractivity contribution in [3.05, 3.63) is 34.9 Å². The summed E-state index contributed by atoms with van der Waals surface area (Å²) in [5.74, 6) is -1.03. The molecule has 5 heteroatoms. The highest BCUT2D eigenvalue weighted by Gasteiger charge is 2.33. The Morgan fingerprint density at radius 2 is 1.82 bits per heavy atom. The molecule has 120 valence electrons. The number of rotatable bonds is 8. The van der Waals surface area contributed by atoms with Gasteiger partial charge in [0.25, 0.3) is 0 Å². The zero-order valence-electron chi connectivity index (χ0n) is 13.6. The standard InChI is InChI=1S/C17H24O4Si/c1-4-20-22(5-2,6-3)12-8-10-13-9-7-11-14-15(13)17(19)21-16(14)18/h7,9,11H,4-6,8,10,12H2,1-3H3. The Labute approximate surface area is 132 Å². The van der Waals surface area contributed by atoms with E-state index in [4.69, 9.17) is 9.16 Å². The van der Waals surface area contributed by atoms with Crippen molar-refractivity contribution in [3.8, 4) is 0 Å². The van der Waals surface area contributed by atoms with Gasteiger partial charge in [-0.05, 0) is 49.5 Å². The lowest BCUT2D eigenvalue weighted by atomic mass is 9.99. The molecule has 1 aliphatic rings. The van der Waals surface area contributed by atoms with Gasteiger partial charge in [0.15, 0.2) is 8.32 Å². The van der Waals surface area contributed by atoms with Crippen LogP contribution in [0.5, 0.6) is 0 Å². The summed E-state index contributed by atoms with van der Waals surface area (Å²) < 4.78 is 10.8. The van der Waals surface area contributed by atoms with Crippen molar-refractivity contribution in [1.82, 2.24) is 0 Å². The van der Waals surface area contributed by atoms with E-state index in [1.165, 1.54) is 0 Å². The van der Waals surface area contributed by atoms with E-state index in [1.54, 1.807) is 6.07 Å². The van der Waals surface area contributed by atoms with E-state index in [0.29, 0.717) is 11.1 Å². The molecule has 0 amide bonds. The number of cyclic esters (lactones) is 2. The number of hydrogen-bond acceptors (Lipinski definition) is 4. The molecule has 1 aromatic rings. The van der Waals surface area contributed by atoms with Crippen molar-refractivity contribution < 1.29 is 18.8 Å². The van der Waals surface area contributed by atoms with Gasteiger partial charge in [-0.2, -0.15) is 0 Å². The maximum absolute atomic E-state index is 11.8. The minimum absolute atomic E-state index is 0.404. The monoisotopic (exact) mass is 320 g/mol. The van der Waals surface area contributed by atoms with Crippen LogP contribution >= 0.6 is 0 Å². The summed E-state index contributed by atoms with van der Waals surface area (Å²) in [4.78, 5) is 23.4. The van der Waals surface area contributed by atoms with Crippen LogP contribution in [0.4, 0.5) is 0 Å². The van der Waals surface area contributed by atoms with Gasteiger partial charge in [0.1, 0.15) is 0 Å². The van der Waals surface area contributed by atoms with Crippen LogP contribution in [0.25, 0.3) is 0 Å². The summed E-state index contributed by atoms with van der Waals surface area (Å²) in [6, 6.07) is 8.71. The van der Waals surface area contributed by atoms with Crippen LogP contribution in [0, 0.1) is 0 Å². The minimum atomic E-state index is -1.64. The highest BCUT2D eigenvalue weighted by atomic mass is 28.4. The number of ether oxygens (including phenoxy) is 1. The number of esters is 2. The topological polar surface area (TPSA) is 52.6 Å². The first-order valence-corrected chi connectivity index (χ1v) is 10.6.